The first-order valence-electron chi connectivity index (χ1n) is 10.4. The fourth-order valence-electron chi connectivity index (χ4n) is 3.87. The molecule has 1 heterocycles. The fourth-order valence-corrected chi connectivity index (χ4v) is 3.87. The number of esters is 1. The molecule has 0 bridgehead atoms. The zero-order valence-corrected chi connectivity index (χ0v) is 18.2. The summed E-state index contributed by atoms with van der Waals surface area (Å²) in [6.07, 6.45) is 1.27. The summed E-state index contributed by atoms with van der Waals surface area (Å²) < 4.78 is 22.8. The average molecular weight is 425 g/mol. The Balaban J connectivity index is 1.74. The summed E-state index contributed by atoms with van der Waals surface area (Å²) in [7, 11) is 3.11. The van der Waals surface area contributed by atoms with E-state index in [0.29, 0.717) is 29.4 Å². The molecule has 1 N–H and O–H groups in total. The maximum absolute atomic E-state index is 12.6. The third kappa shape index (κ3) is 3.80. The Labute approximate surface area is 181 Å². The lowest BCUT2D eigenvalue weighted by atomic mass is 9.95. The van der Waals surface area contributed by atoms with Crippen molar-refractivity contribution in [1.29, 1.82) is 0 Å². The molecule has 1 amide bonds. The van der Waals surface area contributed by atoms with E-state index in [4.69, 9.17) is 18.9 Å². The summed E-state index contributed by atoms with van der Waals surface area (Å²) in [6.45, 7) is 4.30. The molecule has 0 saturated heterocycles. The number of benzene rings is 2. The van der Waals surface area contributed by atoms with E-state index in [9.17, 15) is 9.59 Å². The molecule has 2 aromatic rings. The lowest BCUT2D eigenvalue weighted by Gasteiger charge is -2.22. The quantitative estimate of drug-likeness (QED) is 0.649. The average Bonchev–Trinajstić information content (AvgIpc) is 3.47. The van der Waals surface area contributed by atoms with Crippen LogP contribution in [-0.2, 0) is 16.1 Å². The number of carbonyl (C=O) groups is 2. The minimum absolute atomic E-state index is 0.0897. The van der Waals surface area contributed by atoms with Gasteiger partial charge in [0.25, 0.3) is 5.91 Å². The molecule has 0 radical (unpaired) electrons. The van der Waals surface area contributed by atoms with Crippen molar-refractivity contribution in [2.24, 2.45) is 5.41 Å². The molecule has 2 aliphatic rings. The lowest BCUT2D eigenvalue weighted by Crippen LogP contribution is -2.28. The number of ether oxygens (including phenoxy) is 4. The van der Waals surface area contributed by atoms with E-state index in [0.717, 1.165) is 29.5 Å². The Hall–Kier alpha value is -3.22. The molecular formula is C24H27NO6. The molecule has 31 heavy (non-hydrogen) atoms. The Morgan fingerprint density at radius 1 is 1.03 bits per heavy atom. The molecule has 0 aromatic heterocycles. The highest BCUT2D eigenvalue weighted by molar-refractivity contribution is 6.01. The lowest BCUT2D eigenvalue weighted by molar-refractivity contribution is -0.155. The Morgan fingerprint density at radius 2 is 1.77 bits per heavy atom. The van der Waals surface area contributed by atoms with Crippen LogP contribution in [-0.4, -0.2) is 38.8 Å². The fraction of sp³-hybridized carbons (Fsp3) is 0.417. The van der Waals surface area contributed by atoms with Gasteiger partial charge < -0.3 is 24.3 Å². The monoisotopic (exact) mass is 425 g/mol. The van der Waals surface area contributed by atoms with Crippen LogP contribution in [0.5, 0.6) is 17.2 Å². The van der Waals surface area contributed by atoms with E-state index in [-0.39, 0.29) is 24.6 Å². The third-order valence-corrected chi connectivity index (χ3v) is 5.76. The summed E-state index contributed by atoms with van der Waals surface area (Å²) in [5.74, 6) is 1.13. The number of carbonyl (C=O) groups excluding carboxylic acids is 2. The number of amides is 1. The van der Waals surface area contributed by atoms with Crippen LogP contribution in [0.15, 0.2) is 30.3 Å². The van der Waals surface area contributed by atoms with Gasteiger partial charge in [-0.2, -0.15) is 0 Å². The largest absolute Gasteiger partial charge is 0.493 e. The molecular weight excluding hydrogens is 398 g/mol. The molecule has 0 unspecified atom stereocenters. The number of nitrogens with one attached hydrogen (secondary N) is 1. The van der Waals surface area contributed by atoms with Crippen molar-refractivity contribution in [2.75, 3.05) is 20.8 Å². The Kier molecular flexibility index (Phi) is 5.52. The second-order valence-electron chi connectivity index (χ2n) is 8.22. The molecule has 1 saturated carbocycles. The highest BCUT2D eigenvalue weighted by Gasteiger charge is 2.53. The summed E-state index contributed by atoms with van der Waals surface area (Å²) >= 11 is 0. The first-order valence-corrected chi connectivity index (χ1v) is 10.4. The van der Waals surface area contributed by atoms with Crippen molar-refractivity contribution in [2.45, 2.75) is 39.3 Å². The highest BCUT2D eigenvalue weighted by atomic mass is 16.6. The van der Waals surface area contributed by atoms with Crippen LogP contribution in [0.3, 0.4) is 0 Å². The number of fused-ring (bicyclic) bond motifs is 1. The van der Waals surface area contributed by atoms with Crippen LogP contribution < -0.4 is 19.5 Å². The minimum atomic E-state index is -0.633. The Bertz CT molecular complexity index is 1020. The van der Waals surface area contributed by atoms with Gasteiger partial charge in [-0.25, -0.2) is 0 Å². The van der Waals surface area contributed by atoms with Crippen molar-refractivity contribution in [1.82, 2.24) is 5.32 Å². The van der Waals surface area contributed by atoms with Crippen LogP contribution in [0.4, 0.5) is 0 Å². The van der Waals surface area contributed by atoms with E-state index in [1.807, 2.05) is 44.2 Å². The van der Waals surface area contributed by atoms with Crippen LogP contribution in [0.25, 0.3) is 11.1 Å². The molecule has 1 aliphatic carbocycles. The zero-order valence-electron chi connectivity index (χ0n) is 18.2. The van der Waals surface area contributed by atoms with Gasteiger partial charge in [-0.1, -0.05) is 12.1 Å². The summed E-state index contributed by atoms with van der Waals surface area (Å²) in [6, 6.07) is 9.31. The SMILES string of the molecule is COc1ccc(-c2cccc3c2CNC3=O)c(OCC2(C(=O)OC(C)C)CC2)c1OC. The van der Waals surface area contributed by atoms with Gasteiger partial charge in [0.2, 0.25) is 5.75 Å². The van der Waals surface area contributed by atoms with Crippen molar-refractivity contribution in [3.63, 3.8) is 0 Å². The second-order valence-corrected chi connectivity index (χ2v) is 8.22. The van der Waals surface area contributed by atoms with E-state index >= 15 is 0 Å². The van der Waals surface area contributed by atoms with E-state index in [1.54, 1.807) is 14.2 Å². The standard InChI is InChI=1S/C24H27NO6/c1-14(2)31-23(27)24(10-11-24)13-30-20-16(8-9-19(28-3)21(20)29-4)15-6-5-7-17-18(15)12-25-22(17)26/h5-9,14H,10-13H2,1-4H3,(H,25,26). The maximum Gasteiger partial charge on any atom is 0.315 e. The maximum atomic E-state index is 12.6. The summed E-state index contributed by atoms with van der Waals surface area (Å²) in [4.78, 5) is 24.7. The first-order chi connectivity index (χ1) is 14.9. The first kappa shape index (κ1) is 21.0. The molecule has 0 spiro atoms. The molecule has 164 valence electrons. The van der Waals surface area contributed by atoms with Gasteiger partial charge in [-0.05, 0) is 56.0 Å². The van der Waals surface area contributed by atoms with Gasteiger partial charge in [0, 0.05) is 17.7 Å². The summed E-state index contributed by atoms with van der Waals surface area (Å²) in [5, 5.41) is 2.87. The van der Waals surface area contributed by atoms with Crippen molar-refractivity contribution < 1.29 is 28.5 Å². The number of hydrogen-bond donors (Lipinski definition) is 1. The van der Waals surface area contributed by atoms with Gasteiger partial charge >= 0.3 is 5.97 Å². The topological polar surface area (TPSA) is 83.1 Å². The van der Waals surface area contributed by atoms with E-state index in [1.165, 1.54) is 0 Å². The predicted molar refractivity (Wildman–Crippen MR) is 115 cm³/mol. The molecule has 2 aromatic carbocycles. The van der Waals surface area contributed by atoms with Crippen LogP contribution >= 0.6 is 0 Å². The smallest absolute Gasteiger partial charge is 0.315 e. The van der Waals surface area contributed by atoms with Gasteiger partial charge in [-0.3, -0.25) is 9.59 Å². The molecule has 4 rings (SSSR count). The Morgan fingerprint density at radius 3 is 2.42 bits per heavy atom. The minimum Gasteiger partial charge on any atom is -0.493 e. The van der Waals surface area contributed by atoms with Crippen LogP contribution in [0.1, 0.15) is 42.6 Å². The van der Waals surface area contributed by atoms with Crippen molar-refractivity contribution >= 4 is 11.9 Å². The van der Waals surface area contributed by atoms with Crippen molar-refractivity contribution in [3.8, 4) is 28.4 Å². The van der Waals surface area contributed by atoms with Gasteiger partial charge in [0.1, 0.15) is 12.0 Å². The third-order valence-electron chi connectivity index (χ3n) is 5.76. The molecule has 7 nitrogen and oxygen atoms in total. The normalized spacial score (nSPS) is 15.8. The highest BCUT2D eigenvalue weighted by Crippen LogP contribution is 2.50. The number of rotatable bonds is 8. The molecule has 7 heteroatoms. The summed E-state index contributed by atoms with van der Waals surface area (Å²) in [5.41, 5.74) is 2.58. The zero-order chi connectivity index (χ0) is 22.2. The van der Waals surface area contributed by atoms with Gasteiger partial charge in [0.05, 0.1) is 20.3 Å². The van der Waals surface area contributed by atoms with Crippen molar-refractivity contribution in [3.05, 3.63) is 41.5 Å². The molecule has 1 aliphatic heterocycles. The van der Waals surface area contributed by atoms with E-state index < -0.39 is 5.41 Å². The van der Waals surface area contributed by atoms with E-state index in [2.05, 4.69) is 5.32 Å². The molecule has 1 fully saturated rings. The molecule has 0 atom stereocenters. The van der Waals surface area contributed by atoms with Crippen LogP contribution in [0.2, 0.25) is 0 Å². The second kappa shape index (κ2) is 8.13. The predicted octanol–water partition coefficient (Wildman–Crippen LogP) is 3.72. The number of methoxy groups -OCH3 is 2. The van der Waals surface area contributed by atoms with Gasteiger partial charge in [0.15, 0.2) is 11.5 Å². The van der Waals surface area contributed by atoms with Gasteiger partial charge in [-0.15, -0.1) is 0 Å². The number of hydrogen-bond acceptors (Lipinski definition) is 6. The van der Waals surface area contributed by atoms with Crippen LogP contribution in [0, 0.1) is 5.41 Å².